The molecular formula is C22H26N4O2. The smallest absolute Gasteiger partial charge is 0.231 e. The first-order chi connectivity index (χ1) is 13.7. The van der Waals surface area contributed by atoms with Gasteiger partial charge in [-0.3, -0.25) is 4.90 Å². The van der Waals surface area contributed by atoms with Crippen LogP contribution in [-0.2, 0) is 13.0 Å². The Kier molecular flexibility index (Phi) is 5.69. The number of nitrogens with zero attached hydrogens (tertiary/aromatic N) is 3. The van der Waals surface area contributed by atoms with Gasteiger partial charge in [-0.05, 0) is 37.2 Å². The number of benzene rings is 2. The molecule has 2 heterocycles. The fourth-order valence-electron chi connectivity index (χ4n) is 3.46. The van der Waals surface area contributed by atoms with Gasteiger partial charge in [-0.15, -0.1) is 0 Å². The van der Waals surface area contributed by atoms with E-state index in [0.717, 1.165) is 42.3 Å². The van der Waals surface area contributed by atoms with Crippen molar-refractivity contribution < 1.29 is 9.26 Å². The molecule has 1 aliphatic rings. The zero-order chi connectivity index (χ0) is 19.3. The van der Waals surface area contributed by atoms with Crippen LogP contribution in [0.3, 0.4) is 0 Å². The molecule has 3 aromatic rings. The minimum atomic E-state index is 0.162. The lowest BCUT2D eigenvalue weighted by Crippen LogP contribution is -2.44. The lowest BCUT2D eigenvalue weighted by molar-refractivity contribution is 0.190. The number of hydrogen-bond acceptors (Lipinski definition) is 6. The van der Waals surface area contributed by atoms with Crippen LogP contribution >= 0.6 is 0 Å². The Balaban J connectivity index is 1.39. The monoisotopic (exact) mass is 378 g/mol. The molecule has 1 aromatic heterocycles. The van der Waals surface area contributed by atoms with Gasteiger partial charge in [0.15, 0.2) is 5.82 Å². The lowest BCUT2D eigenvalue weighted by atomic mass is 10.1. The van der Waals surface area contributed by atoms with Crippen LogP contribution in [0.15, 0.2) is 53.1 Å². The zero-order valence-corrected chi connectivity index (χ0v) is 16.4. The molecule has 1 aliphatic heterocycles. The van der Waals surface area contributed by atoms with Crippen molar-refractivity contribution in [2.45, 2.75) is 26.0 Å². The molecule has 1 N–H and O–H groups in total. The quantitative estimate of drug-likeness (QED) is 0.711. The van der Waals surface area contributed by atoms with E-state index >= 15 is 0 Å². The van der Waals surface area contributed by atoms with Crippen LogP contribution < -0.4 is 10.1 Å². The normalized spacial score (nSPS) is 17.6. The summed E-state index contributed by atoms with van der Waals surface area (Å²) >= 11 is 0. The van der Waals surface area contributed by atoms with Gasteiger partial charge in [-0.1, -0.05) is 47.1 Å². The molecule has 2 aromatic carbocycles. The second-order valence-electron chi connectivity index (χ2n) is 7.35. The predicted octanol–water partition coefficient (Wildman–Crippen LogP) is 3.12. The number of rotatable bonds is 6. The highest BCUT2D eigenvalue weighted by atomic mass is 16.5. The predicted molar refractivity (Wildman–Crippen MR) is 107 cm³/mol. The van der Waals surface area contributed by atoms with Gasteiger partial charge in [0.05, 0.1) is 12.5 Å². The van der Waals surface area contributed by atoms with Gasteiger partial charge in [0, 0.05) is 19.6 Å². The van der Waals surface area contributed by atoms with Gasteiger partial charge in [0.2, 0.25) is 5.89 Å². The summed E-state index contributed by atoms with van der Waals surface area (Å²) in [5.74, 6) is 2.22. The number of ether oxygens (including phenoxy) is 1. The molecule has 1 fully saturated rings. The van der Waals surface area contributed by atoms with Crippen molar-refractivity contribution in [2.24, 2.45) is 0 Å². The molecule has 6 heteroatoms. The first-order valence-corrected chi connectivity index (χ1v) is 9.68. The Morgan fingerprint density at radius 1 is 1.18 bits per heavy atom. The van der Waals surface area contributed by atoms with E-state index in [1.165, 1.54) is 5.56 Å². The Hall–Kier alpha value is -2.70. The topological polar surface area (TPSA) is 63.4 Å². The lowest BCUT2D eigenvalue weighted by Gasteiger charge is -2.30. The third-order valence-electron chi connectivity index (χ3n) is 5.03. The molecule has 0 bridgehead atoms. The molecule has 1 atom stereocenters. The first kappa shape index (κ1) is 18.7. The summed E-state index contributed by atoms with van der Waals surface area (Å²) in [7, 11) is 2.09. The van der Waals surface area contributed by atoms with E-state index in [0.29, 0.717) is 18.9 Å². The maximum absolute atomic E-state index is 5.96. The second-order valence-corrected chi connectivity index (χ2v) is 7.35. The van der Waals surface area contributed by atoms with E-state index in [2.05, 4.69) is 64.7 Å². The molecule has 1 unspecified atom stereocenters. The van der Waals surface area contributed by atoms with Crippen LogP contribution in [0.2, 0.25) is 0 Å². The minimum absolute atomic E-state index is 0.162. The molecule has 146 valence electrons. The summed E-state index contributed by atoms with van der Waals surface area (Å²) in [6.07, 6.45) is 0.596. The van der Waals surface area contributed by atoms with E-state index in [1.54, 1.807) is 0 Å². The van der Waals surface area contributed by atoms with Crippen LogP contribution in [0.4, 0.5) is 0 Å². The molecule has 4 rings (SSSR count). The Morgan fingerprint density at radius 3 is 2.89 bits per heavy atom. The van der Waals surface area contributed by atoms with Gasteiger partial charge < -0.3 is 14.6 Å². The molecule has 1 saturated heterocycles. The van der Waals surface area contributed by atoms with Crippen LogP contribution in [0.1, 0.15) is 34.4 Å². The summed E-state index contributed by atoms with van der Waals surface area (Å²) in [4.78, 5) is 6.87. The van der Waals surface area contributed by atoms with Gasteiger partial charge >= 0.3 is 0 Å². The zero-order valence-electron chi connectivity index (χ0n) is 16.4. The number of likely N-dealkylation sites (N-methyl/N-ethyl adjacent to an activating group) is 1. The number of hydrogen-bond donors (Lipinski definition) is 1. The molecule has 0 aliphatic carbocycles. The highest BCUT2D eigenvalue weighted by molar-refractivity contribution is 5.30. The van der Waals surface area contributed by atoms with Crippen LogP contribution in [0, 0.1) is 6.92 Å². The van der Waals surface area contributed by atoms with Crippen molar-refractivity contribution in [1.82, 2.24) is 20.4 Å². The van der Waals surface area contributed by atoms with E-state index in [9.17, 15) is 0 Å². The van der Waals surface area contributed by atoms with Crippen molar-refractivity contribution in [3.05, 3.63) is 76.9 Å². The Morgan fingerprint density at radius 2 is 2.04 bits per heavy atom. The molecule has 0 spiro atoms. The Bertz CT molecular complexity index is 924. The average Bonchev–Trinajstić information content (AvgIpc) is 3.15. The summed E-state index contributed by atoms with van der Waals surface area (Å²) in [5, 5.41) is 7.58. The highest BCUT2D eigenvalue weighted by Crippen LogP contribution is 2.20. The number of piperazine rings is 1. The van der Waals surface area contributed by atoms with Gasteiger partial charge in [0.25, 0.3) is 0 Å². The summed E-state index contributed by atoms with van der Waals surface area (Å²) in [5.41, 5.74) is 3.49. The summed E-state index contributed by atoms with van der Waals surface area (Å²) in [6, 6.07) is 16.6. The van der Waals surface area contributed by atoms with Gasteiger partial charge in [-0.2, -0.15) is 4.98 Å². The maximum Gasteiger partial charge on any atom is 0.231 e. The summed E-state index contributed by atoms with van der Waals surface area (Å²) in [6.45, 7) is 5.46. The highest BCUT2D eigenvalue weighted by Gasteiger charge is 2.25. The largest absolute Gasteiger partial charge is 0.489 e. The maximum atomic E-state index is 5.96. The van der Waals surface area contributed by atoms with E-state index in [4.69, 9.17) is 9.26 Å². The molecule has 0 saturated carbocycles. The standard InChI is InChI=1S/C22H26N4O2/c1-16-5-3-7-18(11-16)15-27-19-8-4-6-17(12-19)13-21-24-22(25-28-21)20-14-23-9-10-26(20)2/h3-8,11-12,20,23H,9-10,13-15H2,1-2H3. The fraction of sp³-hybridized carbons (Fsp3) is 0.364. The third kappa shape index (κ3) is 4.58. The van der Waals surface area contributed by atoms with Gasteiger partial charge in [-0.25, -0.2) is 0 Å². The number of nitrogens with one attached hydrogen (secondary N) is 1. The summed E-state index contributed by atoms with van der Waals surface area (Å²) < 4.78 is 11.5. The SMILES string of the molecule is Cc1cccc(COc2cccc(Cc3nc(C4CNCCN4C)no3)c2)c1. The molecule has 0 radical (unpaired) electrons. The van der Waals surface area contributed by atoms with E-state index in [1.807, 2.05) is 18.2 Å². The van der Waals surface area contributed by atoms with Crippen molar-refractivity contribution in [3.63, 3.8) is 0 Å². The minimum Gasteiger partial charge on any atom is -0.489 e. The Labute approximate surface area is 165 Å². The van der Waals surface area contributed by atoms with Crippen LogP contribution in [0.5, 0.6) is 5.75 Å². The average molecular weight is 378 g/mol. The second kappa shape index (κ2) is 8.54. The molecule has 0 amide bonds. The number of aromatic nitrogens is 2. The van der Waals surface area contributed by atoms with Crippen molar-refractivity contribution in [2.75, 3.05) is 26.7 Å². The molecular weight excluding hydrogens is 352 g/mol. The van der Waals surface area contributed by atoms with E-state index < -0.39 is 0 Å². The van der Waals surface area contributed by atoms with Crippen molar-refractivity contribution in [3.8, 4) is 5.75 Å². The fourth-order valence-corrected chi connectivity index (χ4v) is 3.46. The molecule has 6 nitrogen and oxygen atoms in total. The van der Waals surface area contributed by atoms with Crippen LogP contribution in [-0.4, -0.2) is 41.7 Å². The van der Waals surface area contributed by atoms with Crippen LogP contribution in [0.25, 0.3) is 0 Å². The van der Waals surface area contributed by atoms with Gasteiger partial charge in [0.1, 0.15) is 12.4 Å². The molecule has 28 heavy (non-hydrogen) atoms. The van der Waals surface area contributed by atoms with E-state index in [-0.39, 0.29) is 6.04 Å². The third-order valence-corrected chi connectivity index (χ3v) is 5.03. The first-order valence-electron chi connectivity index (χ1n) is 9.68. The van der Waals surface area contributed by atoms with Crippen molar-refractivity contribution in [1.29, 1.82) is 0 Å². The number of aryl methyl sites for hydroxylation is 1. The van der Waals surface area contributed by atoms with Crippen molar-refractivity contribution >= 4 is 0 Å².